The van der Waals surface area contributed by atoms with E-state index in [0.29, 0.717) is 45.7 Å². The van der Waals surface area contributed by atoms with Crippen LogP contribution in [0.3, 0.4) is 0 Å². The molecule has 0 bridgehead atoms. The Kier molecular flexibility index (Phi) is 15.9. The van der Waals surface area contributed by atoms with Crippen LogP contribution in [0.25, 0.3) is 0 Å². The van der Waals surface area contributed by atoms with Gasteiger partial charge in [-0.3, -0.25) is 8.89 Å². The van der Waals surface area contributed by atoms with Gasteiger partial charge >= 0.3 is 33.4 Å². The van der Waals surface area contributed by atoms with E-state index in [1.807, 2.05) is 6.92 Å². The summed E-state index contributed by atoms with van der Waals surface area (Å²) in [6, 6.07) is 0. The Morgan fingerprint density at radius 1 is 0.588 bits per heavy atom. The molecular formula is C18H30F10O5S. The smallest absolute Gasteiger partial charge is 0.379 e. The lowest BCUT2D eigenvalue weighted by atomic mass is 10.1. The molecule has 0 aliphatic heterocycles. The third-order valence-corrected chi connectivity index (χ3v) is 5.73. The molecule has 0 saturated heterocycles. The van der Waals surface area contributed by atoms with Gasteiger partial charge in [-0.2, -0.15) is 47.9 Å². The summed E-state index contributed by atoms with van der Waals surface area (Å²) in [5.41, 5.74) is 0. The molecule has 0 heterocycles. The lowest BCUT2D eigenvalue weighted by Crippen LogP contribution is -2.63. The zero-order valence-electron chi connectivity index (χ0n) is 18.5. The van der Waals surface area contributed by atoms with Gasteiger partial charge in [0.1, 0.15) is 0 Å². The van der Waals surface area contributed by atoms with Crippen LogP contribution in [0.15, 0.2) is 0 Å². The van der Waals surface area contributed by atoms with E-state index < -0.39 is 40.0 Å². The highest BCUT2D eigenvalue weighted by Gasteiger charge is 2.85. The molecule has 0 rings (SSSR count). The van der Waals surface area contributed by atoms with E-state index in [4.69, 9.17) is 9.47 Å². The highest BCUT2D eigenvalue weighted by molar-refractivity contribution is 7.87. The van der Waals surface area contributed by atoms with Crippen molar-refractivity contribution in [3.63, 3.8) is 0 Å². The Bertz CT molecular complexity index is 642. The lowest BCUT2D eigenvalue weighted by Gasteiger charge is -2.32. The summed E-state index contributed by atoms with van der Waals surface area (Å²) in [7, 11) is -6.77. The van der Waals surface area contributed by atoms with Crippen molar-refractivity contribution < 1.29 is 66.3 Å². The van der Waals surface area contributed by atoms with Gasteiger partial charge in [0, 0.05) is 13.2 Å². The molecule has 208 valence electrons. The molecule has 5 nitrogen and oxygen atoms in total. The first kappa shape index (κ1) is 35.3. The van der Waals surface area contributed by atoms with E-state index >= 15 is 0 Å². The van der Waals surface area contributed by atoms with Gasteiger partial charge in [0.2, 0.25) is 0 Å². The molecule has 0 radical (unpaired) electrons. The average Bonchev–Trinajstić information content (AvgIpc) is 2.69. The average molecular weight is 548 g/mol. The molecule has 0 amide bonds. The van der Waals surface area contributed by atoms with Crippen LogP contribution in [0.2, 0.25) is 0 Å². The topological polar surface area (TPSA) is 61.8 Å². The van der Waals surface area contributed by atoms with Crippen LogP contribution < -0.4 is 0 Å². The molecule has 0 atom stereocenters. The molecule has 0 aromatic rings. The van der Waals surface area contributed by atoms with Crippen molar-refractivity contribution in [1.82, 2.24) is 0 Å². The van der Waals surface area contributed by atoms with E-state index in [0.717, 1.165) is 19.3 Å². The molecule has 0 aliphatic rings. The second-order valence-corrected chi connectivity index (χ2v) is 8.80. The first-order valence-corrected chi connectivity index (χ1v) is 11.7. The number of alkyl halides is 9. The molecule has 0 fully saturated rings. The number of hydrogen-bond donors (Lipinski definition) is 0. The zero-order chi connectivity index (χ0) is 25.8. The van der Waals surface area contributed by atoms with Gasteiger partial charge in [-0.05, 0) is 19.3 Å². The Morgan fingerprint density at radius 3 is 1.44 bits per heavy atom. The van der Waals surface area contributed by atoms with Crippen LogP contribution in [0.5, 0.6) is 0 Å². The first-order valence-electron chi connectivity index (χ1n) is 10.3. The van der Waals surface area contributed by atoms with E-state index in [-0.39, 0.29) is 17.5 Å². The highest BCUT2D eigenvalue weighted by atomic mass is 32.2. The van der Waals surface area contributed by atoms with E-state index in [2.05, 4.69) is 4.18 Å². The number of ether oxygens (including phenoxy) is 2. The summed E-state index contributed by atoms with van der Waals surface area (Å²) in [4.78, 5) is 0. The number of unbranched alkanes of at least 4 members (excludes halogenated alkanes) is 6. The maximum atomic E-state index is 13.4. The Hall–Kier alpha value is -0.870. The number of halogens is 10. The molecule has 0 unspecified atom stereocenters. The monoisotopic (exact) mass is 548 g/mol. The molecule has 0 saturated carbocycles. The summed E-state index contributed by atoms with van der Waals surface area (Å²) in [5, 5.41) is -6.81. The summed E-state index contributed by atoms with van der Waals surface area (Å²) >= 11 is 0. The van der Waals surface area contributed by atoms with Crippen molar-refractivity contribution in [3.05, 3.63) is 0 Å². The van der Waals surface area contributed by atoms with Crippen LogP contribution in [0, 0.1) is 0 Å². The van der Waals surface area contributed by atoms with E-state index in [9.17, 15) is 47.9 Å². The summed E-state index contributed by atoms with van der Waals surface area (Å²) < 4.78 is 152. The van der Waals surface area contributed by atoms with Crippen molar-refractivity contribution in [2.24, 2.45) is 0 Å². The van der Waals surface area contributed by atoms with Crippen LogP contribution in [-0.4, -0.2) is 64.7 Å². The SMILES string of the molecule is CCCCOCCOCCCCCCCCOS(=O)(=O)C(F)(F)C(F)(F)C(F)(F)C(F)(F)F.F. The maximum absolute atomic E-state index is 13.4. The van der Waals surface area contributed by atoms with Crippen LogP contribution in [0.4, 0.5) is 44.2 Å². The molecular weight excluding hydrogens is 518 g/mol. The van der Waals surface area contributed by atoms with E-state index in [1.165, 1.54) is 0 Å². The van der Waals surface area contributed by atoms with Gasteiger partial charge in [-0.1, -0.05) is 39.0 Å². The van der Waals surface area contributed by atoms with Gasteiger partial charge in [-0.15, -0.1) is 0 Å². The summed E-state index contributed by atoms with van der Waals surface area (Å²) in [5.74, 6) is -14.6. The zero-order valence-corrected chi connectivity index (χ0v) is 19.3. The molecule has 0 aromatic carbocycles. The van der Waals surface area contributed by atoms with Gasteiger partial charge in [0.15, 0.2) is 0 Å². The predicted molar refractivity (Wildman–Crippen MR) is 103 cm³/mol. The fourth-order valence-electron chi connectivity index (χ4n) is 2.34. The Labute approximate surface area is 191 Å². The van der Waals surface area contributed by atoms with Gasteiger partial charge in [0.25, 0.3) is 0 Å². The highest BCUT2D eigenvalue weighted by Crippen LogP contribution is 2.54. The quantitative estimate of drug-likeness (QED) is 0.111. The third-order valence-electron chi connectivity index (χ3n) is 4.37. The number of rotatable bonds is 19. The molecule has 0 N–H and O–H groups in total. The maximum Gasteiger partial charge on any atom is 0.460 e. The van der Waals surface area contributed by atoms with Crippen molar-refractivity contribution in [2.45, 2.75) is 81.6 Å². The van der Waals surface area contributed by atoms with Gasteiger partial charge < -0.3 is 9.47 Å². The van der Waals surface area contributed by atoms with Crippen LogP contribution in [-0.2, 0) is 23.8 Å². The van der Waals surface area contributed by atoms with E-state index in [1.54, 1.807) is 0 Å². The molecule has 16 heteroatoms. The minimum absolute atomic E-state index is 0. The van der Waals surface area contributed by atoms with Crippen molar-refractivity contribution in [2.75, 3.05) is 33.0 Å². The standard InChI is InChI=1S/C18H29F9O5S.FH/c1-2-3-10-30-13-14-31-11-8-6-4-5-7-9-12-32-33(28,29)18(26,27)16(21,22)15(19,20)17(23,24)25;/h2-14H2,1H3;1H. The molecule has 0 spiro atoms. The second-order valence-electron chi connectivity index (χ2n) is 7.14. The van der Waals surface area contributed by atoms with Crippen molar-refractivity contribution in [3.8, 4) is 0 Å². The normalized spacial score (nSPS) is 13.7. The summed E-state index contributed by atoms with van der Waals surface area (Å²) in [6.45, 7) is 3.07. The predicted octanol–water partition coefficient (Wildman–Crippen LogP) is 6.08. The minimum atomic E-state index is -7.30. The number of hydrogen-bond acceptors (Lipinski definition) is 5. The second kappa shape index (κ2) is 15.3. The largest absolute Gasteiger partial charge is 0.460 e. The molecule has 0 aliphatic carbocycles. The summed E-state index contributed by atoms with van der Waals surface area (Å²) in [6.07, 6.45) is -2.52. The van der Waals surface area contributed by atoms with Gasteiger partial charge in [-0.25, -0.2) is 0 Å². The van der Waals surface area contributed by atoms with Crippen molar-refractivity contribution in [1.29, 1.82) is 0 Å². The van der Waals surface area contributed by atoms with Crippen LogP contribution in [0.1, 0.15) is 58.3 Å². The van der Waals surface area contributed by atoms with Crippen molar-refractivity contribution >= 4 is 10.1 Å². The fourth-order valence-corrected chi connectivity index (χ4v) is 3.27. The fraction of sp³-hybridized carbons (Fsp3) is 1.00. The van der Waals surface area contributed by atoms with Crippen LogP contribution >= 0.6 is 0 Å². The Balaban J connectivity index is 0. The lowest BCUT2D eigenvalue weighted by molar-refractivity contribution is -0.382. The minimum Gasteiger partial charge on any atom is -0.379 e. The Morgan fingerprint density at radius 2 is 1.00 bits per heavy atom. The molecule has 0 aromatic heterocycles. The first-order chi connectivity index (χ1) is 15.1. The third kappa shape index (κ3) is 10.0. The van der Waals surface area contributed by atoms with Gasteiger partial charge in [0.05, 0.1) is 19.8 Å². The molecule has 34 heavy (non-hydrogen) atoms.